The second-order valence-corrected chi connectivity index (χ2v) is 7.21. The number of benzene rings is 1. The van der Waals surface area contributed by atoms with Crippen molar-refractivity contribution in [2.75, 3.05) is 24.6 Å². The first kappa shape index (κ1) is 15.1. The molecule has 4 nitrogen and oxygen atoms in total. The van der Waals surface area contributed by atoms with Crippen molar-refractivity contribution >= 4 is 16.5 Å². The lowest BCUT2D eigenvalue weighted by atomic mass is 9.98. The number of nitrogens with one attached hydrogen (secondary N) is 1. The Bertz CT molecular complexity index is 596. The monoisotopic (exact) mass is 329 g/mol. The zero-order valence-electron chi connectivity index (χ0n) is 13.2. The van der Waals surface area contributed by atoms with E-state index in [-0.39, 0.29) is 6.10 Å². The van der Waals surface area contributed by atoms with E-state index in [4.69, 9.17) is 4.74 Å². The van der Waals surface area contributed by atoms with Crippen LogP contribution >= 0.6 is 11.3 Å². The van der Waals surface area contributed by atoms with Crippen molar-refractivity contribution in [1.82, 2.24) is 10.3 Å². The Labute approximate surface area is 141 Å². The molecular weight excluding hydrogens is 306 g/mol. The van der Waals surface area contributed by atoms with Crippen molar-refractivity contribution in [3.63, 3.8) is 0 Å². The van der Waals surface area contributed by atoms with Crippen molar-refractivity contribution in [3.8, 4) is 0 Å². The molecule has 4 rings (SSSR count). The van der Waals surface area contributed by atoms with Gasteiger partial charge in [-0.2, -0.15) is 0 Å². The minimum Gasteiger partial charge on any atom is -0.372 e. The highest BCUT2D eigenvalue weighted by Gasteiger charge is 2.32. The van der Waals surface area contributed by atoms with Crippen molar-refractivity contribution < 1.29 is 4.74 Å². The normalized spacial score (nSPS) is 25.8. The molecular formula is C18H23N3OS. The first-order valence-corrected chi connectivity index (χ1v) is 9.35. The average Bonchev–Trinajstić information content (AvgIpc) is 3.28. The molecule has 5 heteroatoms. The van der Waals surface area contributed by atoms with Gasteiger partial charge in [0.2, 0.25) is 0 Å². The lowest BCUT2D eigenvalue weighted by Gasteiger charge is -2.34. The Kier molecular flexibility index (Phi) is 4.60. The van der Waals surface area contributed by atoms with Crippen LogP contribution in [-0.4, -0.2) is 36.8 Å². The zero-order chi connectivity index (χ0) is 15.5. The topological polar surface area (TPSA) is 37.4 Å². The minimum absolute atomic E-state index is 0.202. The Hall–Kier alpha value is -1.43. The van der Waals surface area contributed by atoms with Crippen LogP contribution in [0.1, 0.15) is 30.9 Å². The number of thiazole rings is 1. The number of rotatable bonds is 4. The van der Waals surface area contributed by atoms with E-state index in [0.717, 1.165) is 31.2 Å². The van der Waals surface area contributed by atoms with E-state index in [1.807, 2.05) is 6.20 Å². The quantitative estimate of drug-likeness (QED) is 0.934. The van der Waals surface area contributed by atoms with Gasteiger partial charge in [0, 0.05) is 43.4 Å². The summed E-state index contributed by atoms with van der Waals surface area (Å²) in [5.74, 6) is 0. The standard InChI is InChI=1S/C18H23N3OS/c1-2-4-14(5-3-1)17-16(8-12-22-17)20-15-6-10-21(11-7-15)18-19-9-13-23-18/h1-5,9,13,15-17,20H,6-8,10-12H2/t16-,17-/m1/s1. The number of hydrogen-bond donors (Lipinski definition) is 1. The van der Waals surface area contributed by atoms with Crippen LogP contribution in [0, 0.1) is 0 Å². The molecule has 2 aromatic rings. The Balaban J connectivity index is 1.34. The highest BCUT2D eigenvalue weighted by Crippen LogP contribution is 2.30. The third-order valence-corrected chi connectivity index (χ3v) is 5.69. The predicted molar refractivity (Wildman–Crippen MR) is 94.0 cm³/mol. The minimum atomic E-state index is 0.202. The van der Waals surface area contributed by atoms with Crippen molar-refractivity contribution in [2.24, 2.45) is 0 Å². The Morgan fingerprint density at radius 1 is 1.13 bits per heavy atom. The highest BCUT2D eigenvalue weighted by molar-refractivity contribution is 7.13. The molecule has 0 saturated carbocycles. The summed E-state index contributed by atoms with van der Waals surface area (Å²) < 4.78 is 5.99. The van der Waals surface area contributed by atoms with E-state index in [1.54, 1.807) is 11.3 Å². The van der Waals surface area contributed by atoms with E-state index in [9.17, 15) is 0 Å². The van der Waals surface area contributed by atoms with Crippen molar-refractivity contribution in [2.45, 2.75) is 37.5 Å². The van der Waals surface area contributed by atoms with Crippen LogP contribution in [0.25, 0.3) is 0 Å². The molecule has 0 radical (unpaired) electrons. The smallest absolute Gasteiger partial charge is 0.185 e. The van der Waals surface area contributed by atoms with Gasteiger partial charge in [-0.05, 0) is 24.8 Å². The third kappa shape index (κ3) is 3.42. The summed E-state index contributed by atoms with van der Waals surface area (Å²) in [6, 6.07) is 11.6. The summed E-state index contributed by atoms with van der Waals surface area (Å²) >= 11 is 1.74. The van der Waals surface area contributed by atoms with Gasteiger partial charge in [0.15, 0.2) is 5.13 Å². The fourth-order valence-corrected chi connectivity index (χ4v) is 4.34. The maximum absolute atomic E-state index is 5.99. The van der Waals surface area contributed by atoms with Crippen molar-refractivity contribution in [3.05, 3.63) is 47.5 Å². The molecule has 2 fully saturated rings. The molecule has 2 atom stereocenters. The number of hydrogen-bond acceptors (Lipinski definition) is 5. The molecule has 2 saturated heterocycles. The summed E-state index contributed by atoms with van der Waals surface area (Å²) in [6.07, 6.45) is 5.56. The highest BCUT2D eigenvalue weighted by atomic mass is 32.1. The molecule has 1 N–H and O–H groups in total. The maximum Gasteiger partial charge on any atom is 0.185 e. The van der Waals surface area contributed by atoms with Crippen LogP contribution in [-0.2, 0) is 4.74 Å². The van der Waals surface area contributed by atoms with Gasteiger partial charge in [0.25, 0.3) is 0 Å². The summed E-state index contributed by atoms with van der Waals surface area (Å²) in [7, 11) is 0. The van der Waals surface area contributed by atoms with Crippen LogP contribution in [0.15, 0.2) is 41.9 Å². The fourth-order valence-electron chi connectivity index (χ4n) is 3.64. The summed E-state index contributed by atoms with van der Waals surface area (Å²) in [4.78, 5) is 6.83. The largest absolute Gasteiger partial charge is 0.372 e. The van der Waals surface area contributed by atoms with Gasteiger partial charge in [-0.25, -0.2) is 4.98 Å². The summed E-state index contributed by atoms with van der Waals surface area (Å²) in [6.45, 7) is 3.04. The lowest BCUT2D eigenvalue weighted by molar-refractivity contribution is 0.0954. The summed E-state index contributed by atoms with van der Waals surface area (Å²) in [5, 5.41) is 7.08. The molecule has 2 aliphatic heterocycles. The van der Waals surface area contributed by atoms with Gasteiger partial charge in [0.1, 0.15) is 0 Å². The third-order valence-electron chi connectivity index (χ3n) is 4.85. The molecule has 1 aromatic carbocycles. The van der Waals surface area contributed by atoms with E-state index in [2.05, 4.69) is 50.9 Å². The van der Waals surface area contributed by atoms with Gasteiger partial charge >= 0.3 is 0 Å². The molecule has 122 valence electrons. The predicted octanol–water partition coefficient (Wildman–Crippen LogP) is 3.23. The van der Waals surface area contributed by atoms with Crippen molar-refractivity contribution in [1.29, 1.82) is 0 Å². The van der Waals surface area contributed by atoms with Gasteiger partial charge in [0.05, 0.1) is 6.10 Å². The van der Waals surface area contributed by atoms with E-state index < -0.39 is 0 Å². The Morgan fingerprint density at radius 3 is 2.70 bits per heavy atom. The lowest BCUT2D eigenvalue weighted by Crippen LogP contribution is -2.47. The van der Waals surface area contributed by atoms with E-state index in [0.29, 0.717) is 12.1 Å². The second-order valence-electron chi connectivity index (χ2n) is 6.34. The number of piperidine rings is 1. The van der Waals surface area contributed by atoms with Gasteiger partial charge in [-0.15, -0.1) is 11.3 Å². The maximum atomic E-state index is 5.99. The SMILES string of the molecule is c1ccc([C@H]2OCC[C@H]2NC2CCN(c3nccs3)CC2)cc1. The zero-order valence-corrected chi connectivity index (χ0v) is 14.0. The first-order valence-electron chi connectivity index (χ1n) is 8.47. The number of anilines is 1. The van der Waals surface area contributed by atoms with Crippen LogP contribution in [0.4, 0.5) is 5.13 Å². The molecule has 0 amide bonds. The van der Waals surface area contributed by atoms with Gasteiger partial charge < -0.3 is 15.0 Å². The van der Waals surface area contributed by atoms with Crippen LogP contribution in [0.2, 0.25) is 0 Å². The molecule has 1 aromatic heterocycles. The molecule has 0 spiro atoms. The molecule has 23 heavy (non-hydrogen) atoms. The van der Waals surface area contributed by atoms with Crippen LogP contribution in [0.5, 0.6) is 0 Å². The van der Waals surface area contributed by atoms with Crippen LogP contribution in [0.3, 0.4) is 0 Å². The van der Waals surface area contributed by atoms with E-state index >= 15 is 0 Å². The molecule has 3 heterocycles. The summed E-state index contributed by atoms with van der Waals surface area (Å²) in [5.41, 5.74) is 1.29. The first-order chi connectivity index (χ1) is 11.4. The molecule has 0 aliphatic carbocycles. The van der Waals surface area contributed by atoms with Crippen LogP contribution < -0.4 is 10.2 Å². The number of ether oxygens (including phenoxy) is 1. The van der Waals surface area contributed by atoms with E-state index in [1.165, 1.54) is 18.4 Å². The second kappa shape index (κ2) is 6.99. The molecule has 2 aliphatic rings. The molecule has 0 bridgehead atoms. The van der Waals surface area contributed by atoms with Gasteiger partial charge in [-0.3, -0.25) is 0 Å². The average molecular weight is 329 g/mol. The number of aromatic nitrogens is 1. The van der Waals surface area contributed by atoms with Gasteiger partial charge in [-0.1, -0.05) is 30.3 Å². The molecule has 0 unspecified atom stereocenters. The number of nitrogens with zero attached hydrogens (tertiary/aromatic N) is 2. The fraction of sp³-hybridized carbons (Fsp3) is 0.500. The Morgan fingerprint density at radius 2 is 1.96 bits per heavy atom.